The van der Waals surface area contributed by atoms with Crippen LogP contribution in [-0.2, 0) is 10.0 Å². The van der Waals surface area contributed by atoms with Crippen molar-refractivity contribution in [2.75, 3.05) is 10.5 Å². The normalized spacial score (nSPS) is 11.5. The zero-order valence-corrected chi connectivity index (χ0v) is 14.5. The van der Waals surface area contributed by atoms with Crippen LogP contribution in [0.4, 0.5) is 10.8 Å². The van der Waals surface area contributed by atoms with Crippen molar-refractivity contribution in [3.05, 3.63) is 32.2 Å². The molecule has 1 aromatic carbocycles. The molecule has 0 amide bonds. The fraction of sp³-hybridized carbons (Fsp3) is 0.100. The Morgan fingerprint density at radius 3 is 2.63 bits per heavy atom. The average molecular weight is 427 g/mol. The molecule has 0 fully saturated rings. The van der Waals surface area contributed by atoms with E-state index in [1.807, 2.05) is 0 Å². The van der Waals surface area contributed by atoms with Gasteiger partial charge in [-0.05, 0) is 56.5 Å². The van der Waals surface area contributed by atoms with Crippen LogP contribution in [0.15, 0.2) is 31.5 Å². The van der Waals surface area contributed by atoms with Gasteiger partial charge in [0.1, 0.15) is 0 Å². The van der Waals surface area contributed by atoms with E-state index in [0.29, 0.717) is 20.9 Å². The molecule has 0 aliphatic carbocycles. The summed E-state index contributed by atoms with van der Waals surface area (Å²) >= 11 is 7.68. The standard InChI is InChI=1S/C10H9Br2N3O2S2/c1-5-2-6(11)7(13)3-8(5)19(16,17)15-10-14-4-9(12)18-10/h2-4H,13H2,1H3,(H,14,15). The van der Waals surface area contributed by atoms with E-state index in [9.17, 15) is 8.42 Å². The van der Waals surface area contributed by atoms with E-state index < -0.39 is 10.0 Å². The van der Waals surface area contributed by atoms with E-state index >= 15 is 0 Å². The van der Waals surface area contributed by atoms with Crippen LogP contribution < -0.4 is 10.5 Å². The van der Waals surface area contributed by atoms with Gasteiger partial charge in [0.25, 0.3) is 10.0 Å². The molecule has 5 nitrogen and oxygen atoms in total. The number of anilines is 2. The van der Waals surface area contributed by atoms with Crippen LogP contribution in [0.5, 0.6) is 0 Å². The molecule has 0 spiro atoms. The van der Waals surface area contributed by atoms with Crippen molar-refractivity contribution in [1.29, 1.82) is 0 Å². The fourth-order valence-electron chi connectivity index (χ4n) is 1.43. The van der Waals surface area contributed by atoms with Crippen LogP contribution in [0.25, 0.3) is 0 Å². The van der Waals surface area contributed by atoms with Gasteiger partial charge in [-0.1, -0.05) is 11.3 Å². The van der Waals surface area contributed by atoms with E-state index in [1.165, 1.54) is 23.6 Å². The molecule has 0 saturated heterocycles. The van der Waals surface area contributed by atoms with Crippen molar-refractivity contribution < 1.29 is 8.42 Å². The van der Waals surface area contributed by atoms with Gasteiger partial charge in [0.2, 0.25) is 0 Å². The third kappa shape index (κ3) is 3.28. The van der Waals surface area contributed by atoms with Crippen molar-refractivity contribution in [2.45, 2.75) is 11.8 Å². The summed E-state index contributed by atoms with van der Waals surface area (Å²) in [5.74, 6) is 0. The molecular weight excluding hydrogens is 418 g/mol. The molecule has 0 aliphatic rings. The highest BCUT2D eigenvalue weighted by atomic mass is 79.9. The predicted molar refractivity (Wildman–Crippen MR) is 83.9 cm³/mol. The van der Waals surface area contributed by atoms with Gasteiger partial charge in [-0.25, -0.2) is 13.4 Å². The first kappa shape index (κ1) is 14.8. The second-order valence-electron chi connectivity index (χ2n) is 3.71. The first-order valence-corrected chi connectivity index (χ1v) is 8.88. The summed E-state index contributed by atoms with van der Waals surface area (Å²) in [5, 5.41) is 0.299. The van der Waals surface area contributed by atoms with E-state index in [2.05, 4.69) is 41.6 Å². The first-order chi connectivity index (χ1) is 8.79. The number of aryl methyl sites for hydroxylation is 1. The van der Waals surface area contributed by atoms with Crippen molar-refractivity contribution in [3.63, 3.8) is 0 Å². The molecule has 0 radical (unpaired) electrons. The smallest absolute Gasteiger partial charge is 0.264 e. The quantitative estimate of drug-likeness (QED) is 0.736. The van der Waals surface area contributed by atoms with Gasteiger partial charge in [0, 0.05) is 10.2 Å². The molecule has 0 bridgehead atoms. The molecule has 9 heteroatoms. The molecule has 0 atom stereocenters. The summed E-state index contributed by atoms with van der Waals surface area (Å²) in [4.78, 5) is 4.08. The van der Waals surface area contributed by atoms with E-state index in [-0.39, 0.29) is 4.90 Å². The van der Waals surface area contributed by atoms with Crippen molar-refractivity contribution in [3.8, 4) is 0 Å². The first-order valence-electron chi connectivity index (χ1n) is 4.99. The number of thiazole rings is 1. The average Bonchev–Trinajstić information content (AvgIpc) is 2.68. The molecule has 0 aliphatic heterocycles. The van der Waals surface area contributed by atoms with Gasteiger partial charge in [-0.3, -0.25) is 4.72 Å². The number of rotatable bonds is 3. The number of nitrogen functional groups attached to an aromatic ring is 1. The lowest BCUT2D eigenvalue weighted by Gasteiger charge is -2.10. The van der Waals surface area contributed by atoms with Gasteiger partial charge in [0.05, 0.1) is 14.9 Å². The minimum atomic E-state index is -3.69. The van der Waals surface area contributed by atoms with Gasteiger partial charge in [-0.15, -0.1) is 0 Å². The molecule has 102 valence electrons. The summed E-state index contributed by atoms with van der Waals surface area (Å²) in [6, 6.07) is 3.09. The van der Waals surface area contributed by atoms with Crippen molar-refractivity contribution in [1.82, 2.24) is 4.98 Å². The van der Waals surface area contributed by atoms with E-state index in [1.54, 1.807) is 13.0 Å². The van der Waals surface area contributed by atoms with Crippen molar-refractivity contribution in [2.24, 2.45) is 0 Å². The number of hydrogen-bond donors (Lipinski definition) is 2. The Hall–Kier alpha value is -0.640. The van der Waals surface area contributed by atoms with Crippen LogP contribution in [0, 0.1) is 6.92 Å². The topological polar surface area (TPSA) is 85.1 Å². The largest absolute Gasteiger partial charge is 0.398 e. The third-order valence-electron chi connectivity index (χ3n) is 2.28. The van der Waals surface area contributed by atoms with Gasteiger partial charge < -0.3 is 5.73 Å². The van der Waals surface area contributed by atoms with Gasteiger partial charge >= 0.3 is 0 Å². The molecule has 3 N–H and O–H groups in total. The zero-order valence-electron chi connectivity index (χ0n) is 9.65. The number of nitrogens with two attached hydrogens (primary N) is 1. The molecule has 2 aromatic rings. The summed E-state index contributed by atoms with van der Waals surface area (Å²) in [6.45, 7) is 1.70. The van der Waals surface area contributed by atoms with Gasteiger partial charge in [0.15, 0.2) is 5.13 Å². The third-order valence-corrected chi connectivity index (χ3v) is 5.97. The molecule has 1 heterocycles. The summed E-state index contributed by atoms with van der Waals surface area (Å²) < 4.78 is 28.4. The SMILES string of the molecule is Cc1cc(Br)c(N)cc1S(=O)(=O)Nc1ncc(Br)s1. The number of sulfonamides is 1. The lowest BCUT2D eigenvalue weighted by Crippen LogP contribution is -2.14. The Balaban J connectivity index is 2.42. The van der Waals surface area contributed by atoms with Crippen molar-refractivity contribution >= 4 is 64.0 Å². The van der Waals surface area contributed by atoms with Crippen LogP contribution in [0.1, 0.15) is 5.56 Å². The molecule has 1 aromatic heterocycles. The maximum absolute atomic E-state index is 12.3. The van der Waals surface area contributed by atoms with Crippen LogP contribution >= 0.6 is 43.2 Å². The Morgan fingerprint density at radius 1 is 1.37 bits per heavy atom. The Bertz CT molecular complexity index is 728. The Kier molecular flexibility index (Phi) is 4.19. The highest BCUT2D eigenvalue weighted by molar-refractivity contribution is 9.11. The molecular formula is C10H9Br2N3O2S2. The molecule has 0 unspecified atom stereocenters. The number of hydrogen-bond acceptors (Lipinski definition) is 5. The molecule has 19 heavy (non-hydrogen) atoms. The Morgan fingerprint density at radius 2 is 2.05 bits per heavy atom. The van der Waals surface area contributed by atoms with E-state index in [0.717, 1.165) is 3.79 Å². The summed E-state index contributed by atoms with van der Waals surface area (Å²) in [7, 11) is -3.69. The molecule has 0 saturated carbocycles. The Labute approximate surface area is 131 Å². The van der Waals surface area contributed by atoms with E-state index in [4.69, 9.17) is 5.73 Å². The number of nitrogens with one attached hydrogen (secondary N) is 1. The van der Waals surface area contributed by atoms with Crippen LogP contribution in [0.3, 0.4) is 0 Å². The fourth-order valence-corrected chi connectivity index (χ4v) is 4.50. The predicted octanol–water partition coefficient (Wildman–Crippen LogP) is 3.36. The lowest BCUT2D eigenvalue weighted by atomic mass is 10.2. The maximum atomic E-state index is 12.3. The van der Waals surface area contributed by atoms with Gasteiger partial charge in [-0.2, -0.15) is 0 Å². The number of halogens is 2. The summed E-state index contributed by atoms with van der Waals surface area (Å²) in [6.07, 6.45) is 1.53. The zero-order chi connectivity index (χ0) is 14.2. The number of aromatic nitrogens is 1. The number of benzene rings is 1. The second-order valence-corrected chi connectivity index (χ2v) is 8.63. The highest BCUT2D eigenvalue weighted by Gasteiger charge is 2.19. The maximum Gasteiger partial charge on any atom is 0.264 e. The minimum absolute atomic E-state index is 0.138. The van der Waals surface area contributed by atoms with Crippen LogP contribution in [0.2, 0.25) is 0 Å². The number of nitrogens with zero attached hydrogens (tertiary/aromatic N) is 1. The highest BCUT2D eigenvalue weighted by Crippen LogP contribution is 2.29. The monoisotopic (exact) mass is 425 g/mol. The summed E-state index contributed by atoms with van der Waals surface area (Å²) in [5.41, 5.74) is 6.69. The lowest BCUT2D eigenvalue weighted by molar-refractivity contribution is 0.600. The minimum Gasteiger partial charge on any atom is -0.398 e. The second kappa shape index (κ2) is 5.39. The molecule has 2 rings (SSSR count). The van der Waals surface area contributed by atoms with Crippen LogP contribution in [-0.4, -0.2) is 13.4 Å².